The molecule has 0 radical (unpaired) electrons. The summed E-state index contributed by atoms with van der Waals surface area (Å²) in [6.45, 7) is 5.96. The number of nitrogens with zero attached hydrogens (tertiary/aromatic N) is 1. The van der Waals surface area contributed by atoms with Crippen molar-refractivity contribution in [1.82, 2.24) is 4.90 Å². The van der Waals surface area contributed by atoms with Crippen molar-refractivity contribution in [3.63, 3.8) is 0 Å². The quantitative estimate of drug-likeness (QED) is 0.473. The van der Waals surface area contributed by atoms with E-state index < -0.39 is 0 Å². The highest BCUT2D eigenvalue weighted by Gasteiger charge is 2.11. The van der Waals surface area contributed by atoms with Gasteiger partial charge < -0.3 is 9.64 Å². The second kappa shape index (κ2) is 7.04. The summed E-state index contributed by atoms with van der Waals surface area (Å²) in [5.41, 5.74) is 0.415. The Labute approximate surface area is 90.9 Å². The van der Waals surface area contributed by atoms with E-state index in [-0.39, 0.29) is 24.6 Å². The first-order valence-corrected chi connectivity index (χ1v) is 5.04. The van der Waals surface area contributed by atoms with E-state index in [9.17, 15) is 9.59 Å². The number of Topliss-reactive ketones (excluding diaryl/α,β-unsaturated/α-hetero) is 1. The van der Waals surface area contributed by atoms with Crippen LogP contribution in [0.4, 0.5) is 0 Å². The van der Waals surface area contributed by atoms with Crippen molar-refractivity contribution in [3.05, 3.63) is 12.3 Å². The maximum atomic E-state index is 11.4. The molecule has 0 aliphatic heterocycles. The highest BCUT2D eigenvalue weighted by atomic mass is 16.5. The molecule has 4 heteroatoms. The molecule has 4 nitrogen and oxygen atoms in total. The zero-order valence-corrected chi connectivity index (χ0v) is 9.71. The molecule has 0 aromatic carbocycles. The minimum Gasteiger partial charge on any atom is -0.466 e. The number of rotatable bonds is 7. The molecule has 0 N–H and O–H groups in total. The topological polar surface area (TPSA) is 46.6 Å². The molecule has 15 heavy (non-hydrogen) atoms. The van der Waals surface area contributed by atoms with Crippen LogP contribution in [-0.4, -0.2) is 37.4 Å². The van der Waals surface area contributed by atoms with Crippen LogP contribution < -0.4 is 0 Å². The molecule has 86 valence electrons. The monoisotopic (exact) mass is 213 g/mol. The lowest BCUT2D eigenvalue weighted by Gasteiger charge is -2.13. The summed E-state index contributed by atoms with van der Waals surface area (Å²) in [4.78, 5) is 24.1. The lowest BCUT2D eigenvalue weighted by atomic mass is 10.2. The van der Waals surface area contributed by atoms with Gasteiger partial charge in [0.2, 0.25) is 0 Å². The Kier molecular flexibility index (Phi) is 6.42. The van der Waals surface area contributed by atoms with Gasteiger partial charge in [0, 0.05) is 20.5 Å². The van der Waals surface area contributed by atoms with Crippen molar-refractivity contribution in [2.24, 2.45) is 0 Å². The average Bonchev–Trinajstić information content (AvgIpc) is 2.21. The van der Waals surface area contributed by atoms with Gasteiger partial charge in [-0.1, -0.05) is 13.5 Å². The lowest BCUT2D eigenvalue weighted by molar-refractivity contribution is -0.144. The van der Waals surface area contributed by atoms with Crippen LogP contribution in [0, 0.1) is 0 Å². The Bertz CT molecular complexity index is 246. The summed E-state index contributed by atoms with van der Waals surface area (Å²) in [7, 11) is 3.49. The molecule has 0 aliphatic carbocycles. The largest absolute Gasteiger partial charge is 0.466 e. The Morgan fingerprint density at radius 2 is 1.87 bits per heavy atom. The molecule has 0 amide bonds. The normalized spacial score (nSPS) is 9.53. The highest BCUT2D eigenvalue weighted by Crippen LogP contribution is 2.04. The molecule has 0 aromatic rings. The second-order valence-corrected chi connectivity index (χ2v) is 3.48. The van der Waals surface area contributed by atoms with Gasteiger partial charge in [-0.3, -0.25) is 9.59 Å². The maximum absolute atomic E-state index is 11.4. The zero-order valence-electron chi connectivity index (χ0n) is 9.71. The van der Waals surface area contributed by atoms with E-state index >= 15 is 0 Å². The minimum absolute atomic E-state index is 0.117. The molecule has 0 bridgehead atoms. The number of ketones is 1. The molecule has 0 saturated heterocycles. The number of ether oxygens (including phenoxy) is 1. The third-order valence-electron chi connectivity index (χ3n) is 1.89. The van der Waals surface area contributed by atoms with Gasteiger partial charge in [0.05, 0.1) is 18.7 Å². The molecule has 0 spiro atoms. The molecule has 0 heterocycles. The van der Waals surface area contributed by atoms with Gasteiger partial charge in [0.25, 0.3) is 0 Å². The van der Waals surface area contributed by atoms with Crippen LogP contribution in [0.15, 0.2) is 12.3 Å². The Morgan fingerprint density at radius 1 is 1.27 bits per heavy atom. The number of hydrogen-bond donors (Lipinski definition) is 0. The number of carbonyl (C=O) groups is 2. The fraction of sp³-hybridized carbons (Fsp3) is 0.636. The summed E-state index contributed by atoms with van der Waals surface area (Å²) in [6.07, 6.45) is 1.09. The Morgan fingerprint density at radius 3 is 2.33 bits per heavy atom. The van der Waals surface area contributed by atoms with Crippen molar-refractivity contribution in [2.45, 2.75) is 26.2 Å². The molecule has 0 aromatic heterocycles. The summed E-state index contributed by atoms with van der Waals surface area (Å²) < 4.78 is 4.85. The Balaban J connectivity index is 3.81. The van der Waals surface area contributed by atoms with Crippen LogP contribution in [0.5, 0.6) is 0 Å². The molecule has 0 unspecified atom stereocenters. The van der Waals surface area contributed by atoms with Crippen molar-refractivity contribution in [2.75, 3.05) is 20.7 Å². The predicted octanol–water partition coefficient (Wildman–Crippen LogP) is 1.36. The van der Waals surface area contributed by atoms with Crippen LogP contribution >= 0.6 is 0 Å². The first kappa shape index (κ1) is 13.7. The van der Waals surface area contributed by atoms with Gasteiger partial charge in [-0.05, 0) is 6.42 Å². The van der Waals surface area contributed by atoms with E-state index in [1.165, 1.54) is 0 Å². The fourth-order valence-electron chi connectivity index (χ4n) is 0.897. The molecule has 0 saturated carbocycles. The predicted molar refractivity (Wildman–Crippen MR) is 58.3 cm³/mol. The van der Waals surface area contributed by atoms with Gasteiger partial charge >= 0.3 is 5.97 Å². The first-order chi connectivity index (χ1) is 6.99. The fourth-order valence-corrected chi connectivity index (χ4v) is 0.897. The van der Waals surface area contributed by atoms with Crippen molar-refractivity contribution in [1.29, 1.82) is 0 Å². The van der Waals surface area contributed by atoms with Gasteiger partial charge in [-0.25, -0.2) is 0 Å². The minimum atomic E-state index is -0.322. The smallest absolute Gasteiger partial charge is 0.306 e. The van der Waals surface area contributed by atoms with Crippen LogP contribution in [-0.2, 0) is 14.3 Å². The molecular weight excluding hydrogens is 194 g/mol. The number of esters is 1. The van der Waals surface area contributed by atoms with E-state index in [4.69, 9.17) is 4.74 Å². The van der Waals surface area contributed by atoms with E-state index in [1.807, 2.05) is 6.92 Å². The maximum Gasteiger partial charge on any atom is 0.306 e. The third-order valence-corrected chi connectivity index (χ3v) is 1.89. The van der Waals surface area contributed by atoms with Gasteiger partial charge in [0.15, 0.2) is 5.78 Å². The highest BCUT2D eigenvalue weighted by molar-refractivity contribution is 5.95. The van der Waals surface area contributed by atoms with E-state index in [1.54, 1.807) is 19.0 Å². The van der Waals surface area contributed by atoms with Crippen molar-refractivity contribution in [3.8, 4) is 0 Å². The molecule has 0 rings (SSSR count). The SMILES string of the molecule is C=C(C(=O)CCC(=O)OCCC)N(C)C. The molecule has 0 aliphatic rings. The van der Waals surface area contributed by atoms with Gasteiger partial charge in [0.1, 0.15) is 0 Å². The zero-order chi connectivity index (χ0) is 11.8. The Hall–Kier alpha value is -1.32. The standard InChI is InChI=1S/C11H19NO3/c1-5-8-15-11(14)7-6-10(13)9(2)12(3)4/h2,5-8H2,1,3-4H3. The number of carbonyl (C=O) groups excluding carboxylic acids is 2. The van der Waals surface area contributed by atoms with Crippen LogP contribution in [0.3, 0.4) is 0 Å². The summed E-state index contributed by atoms with van der Waals surface area (Å²) >= 11 is 0. The second-order valence-electron chi connectivity index (χ2n) is 3.48. The van der Waals surface area contributed by atoms with Crippen molar-refractivity contribution >= 4 is 11.8 Å². The molecule has 0 fully saturated rings. The number of hydrogen-bond acceptors (Lipinski definition) is 4. The average molecular weight is 213 g/mol. The summed E-state index contributed by atoms with van der Waals surface area (Å²) in [5, 5.41) is 0. The van der Waals surface area contributed by atoms with Crippen molar-refractivity contribution < 1.29 is 14.3 Å². The summed E-state index contributed by atoms with van der Waals surface area (Å²) in [6, 6.07) is 0. The molecular formula is C11H19NO3. The number of allylic oxidation sites excluding steroid dienone is 1. The van der Waals surface area contributed by atoms with Crippen LogP contribution in [0.25, 0.3) is 0 Å². The van der Waals surface area contributed by atoms with E-state index in [0.717, 1.165) is 6.42 Å². The van der Waals surface area contributed by atoms with E-state index in [0.29, 0.717) is 12.3 Å². The van der Waals surface area contributed by atoms with Crippen LogP contribution in [0.1, 0.15) is 26.2 Å². The number of likely N-dealkylation sites (N-methyl/N-ethyl adjacent to an activating group) is 1. The first-order valence-electron chi connectivity index (χ1n) is 5.04. The van der Waals surface area contributed by atoms with E-state index in [2.05, 4.69) is 6.58 Å². The van der Waals surface area contributed by atoms with Gasteiger partial charge in [-0.2, -0.15) is 0 Å². The molecule has 0 atom stereocenters. The summed E-state index contributed by atoms with van der Waals surface area (Å²) in [5.74, 6) is -0.440. The lowest BCUT2D eigenvalue weighted by Crippen LogP contribution is -2.19. The third kappa shape index (κ3) is 5.88. The van der Waals surface area contributed by atoms with Crippen LogP contribution in [0.2, 0.25) is 0 Å². The van der Waals surface area contributed by atoms with Gasteiger partial charge in [-0.15, -0.1) is 0 Å².